The lowest BCUT2D eigenvalue weighted by atomic mass is 10.1. The molecule has 0 amide bonds. The molecule has 2 unspecified atom stereocenters. The molecule has 3 heteroatoms. The van der Waals surface area contributed by atoms with E-state index in [2.05, 4.69) is 11.4 Å². The summed E-state index contributed by atoms with van der Waals surface area (Å²) >= 11 is 0. The Bertz CT molecular complexity index is 200. The van der Waals surface area contributed by atoms with Crippen molar-refractivity contribution in [2.45, 2.75) is 44.6 Å². The van der Waals surface area contributed by atoms with Gasteiger partial charge in [0.1, 0.15) is 0 Å². The molecule has 0 heterocycles. The molecular weight excluding hydrogens is 188 g/mol. The minimum absolute atomic E-state index is 0.254. The van der Waals surface area contributed by atoms with Crippen LogP contribution in [0.1, 0.15) is 38.5 Å². The highest BCUT2D eigenvalue weighted by atomic mass is 16.5. The molecule has 2 atom stereocenters. The predicted molar refractivity (Wildman–Crippen MR) is 60.5 cm³/mol. The van der Waals surface area contributed by atoms with E-state index in [-0.39, 0.29) is 5.92 Å². The van der Waals surface area contributed by atoms with Crippen molar-refractivity contribution < 1.29 is 4.74 Å². The summed E-state index contributed by atoms with van der Waals surface area (Å²) in [6.45, 7) is 1.91. The Morgan fingerprint density at radius 2 is 2.20 bits per heavy atom. The molecule has 1 N–H and O–H groups in total. The minimum atomic E-state index is 0.254. The molecule has 0 aromatic heterocycles. The maximum atomic E-state index is 8.90. The van der Waals surface area contributed by atoms with Crippen molar-refractivity contribution in [2.24, 2.45) is 5.92 Å². The van der Waals surface area contributed by atoms with Crippen LogP contribution in [0.3, 0.4) is 0 Å². The van der Waals surface area contributed by atoms with Crippen LogP contribution in [0.2, 0.25) is 0 Å². The summed E-state index contributed by atoms with van der Waals surface area (Å²) in [6.07, 6.45) is 7.01. The van der Waals surface area contributed by atoms with Crippen LogP contribution in [0.15, 0.2) is 0 Å². The summed E-state index contributed by atoms with van der Waals surface area (Å²) < 4.78 is 4.99. The van der Waals surface area contributed by atoms with Gasteiger partial charge in [0.15, 0.2) is 0 Å². The molecule has 0 radical (unpaired) electrons. The van der Waals surface area contributed by atoms with Gasteiger partial charge in [-0.3, -0.25) is 0 Å². The molecule has 86 valence electrons. The highest BCUT2D eigenvalue weighted by molar-refractivity contribution is 4.96. The highest BCUT2D eigenvalue weighted by Crippen LogP contribution is 2.24. The summed E-state index contributed by atoms with van der Waals surface area (Å²) in [4.78, 5) is 0. The number of nitrogens with one attached hydrogen (secondary N) is 1. The largest absolute Gasteiger partial charge is 0.385 e. The smallest absolute Gasteiger partial charge is 0.0672 e. The second kappa shape index (κ2) is 7.67. The van der Waals surface area contributed by atoms with Crippen LogP contribution in [0.25, 0.3) is 0 Å². The third-order valence-corrected chi connectivity index (χ3v) is 3.11. The first kappa shape index (κ1) is 12.5. The van der Waals surface area contributed by atoms with Gasteiger partial charge in [-0.15, -0.1) is 0 Å². The van der Waals surface area contributed by atoms with Gasteiger partial charge >= 0.3 is 0 Å². The zero-order valence-corrected chi connectivity index (χ0v) is 9.67. The molecule has 1 saturated carbocycles. The Morgan fingerprint density at radius 3 is 2.93 bits per heavy atom. The highest BCUT2D eigenvalue weighted by Gasteiger charge is 2.25. The normalized spacial score (nSPS) is 25.3. The fourth-order valence-electron chi connectivity index (χ4n) is 2.19. The molecule has 1 aliphatic carbocycles. The molecule has 0 bridgehead atoms. The van der Waals surface area contributed by atoms with E-state index in [4.69, 9.17) is 10.00 Å². The van der Waals surface area contributed by atoms with Crippen LogP contribution in [-0.4, -0.2) is 26.3 Å². The third-order valence-electron chi connectivity index (χ3n) is 3.11. The van der Waals surface area contributed by atoms with Gasteiger partial charge in [-0.2, -0.15) is 5.26 Å². The molecule has 0 saturated heterocycles. The number of ether oxygens (including phenoxy) is 1. The molecule has 1 rings (SSSR count). The van der Waals surface area contributed by atoms with Gasteiger partial charge in [-0.25, -0.2) is 0 Å². The summed E-state index contributed by atoms with van der Waals surface area (Å²) in [5.74, 6) is 0.254. The topological polar surface area (TPSA) is 45.0 Å². The number of hydrogen-bond acceptors (Lipinski definition) is 3. The van der Waals surface area contributed by atoms with E-state index in [0.717, 1.165) is 26.0 Å². The standard InChI is InChI=1S/C12H22N2O/c1-15-9-4-2-3-8-14-12-7-5-6-11(12)10-13/h11-12,14H,2-9H2,1H3. The maximum absolute atomic E-state index is 8.90. The van der Waals surface area contributed by atoms with E-state index in [0.29, 0.717) is 6.04 Å². The van der Waals surface area contributed by atoms with Gasteiger partial charge in [0, 0.05) is 19.8 Å². The van der Waals surface area contributed by atoms with E-state index in [9.17, 15) is 0 Å². The van der Waals surface area contributed by atoms with Gasteiger partial charge in [0.25, 0.3) is 0 Å². The monoisotopic (exact) mass is 210 g/mol. The van der Waals surface area contributed by atoms with Crippen LogP contribution in [0, 0.1) is 17.2 Å². The number of methoxy groups -OCH3 is 1. The Morgan fingerprint density at radius 1 is 1.33 bits per heavy atom. The zero-order chi connectivity index (χ0) is 10.9. The van der Waals surface area contributed by atoms with Crippen LogP contribution in [0.5, 0.6) is 0 Å². The van der Waals surface area contributed by atoms with E-state index < -0.39 is 0 Å². The SMILES string of the molecule is COCCCCCNC1CCCC1C#N. The van der Waals surface area contributed by atoms with Crippen molar-refractivity contribution in [3.63, 3.8) is 0 Å². The Hall–Kier alpha value is -0.590. The van der Waals surface area contributed by atoms with Crippen molar-refractivity contribution in [2.75, 3.05) is 20.3 Å². The molecule has 3 nitrogen and oxygen atoms in total. The van der Waals surface area contributed by atoms with Gasteiger partial charge in [-0.1, -0.05) is 6.42 Å². The van der Waals surface area contributed by atoms with E-state index >= 15 is 0 Å². The summed E-state index contributed by atoms with van der Waals surface area (Å²) in [5.41, 5.74) is 0. The Balaban J connectivity index is 1.98. The van der Waals surface area contributed by atoms with Crippen LogP contribution < -0.4 is 5.32 Å². The van der Waals surface area contributed by atoms with Gasteiger partial charge in [0.05, 0.1) is 12.0 Å². The lowest BCUT2D eigenvalue weighted by Gasteiger charge is -2.15. The minimum Gasteiger partial charge on any atom is -0.385 e. The molecule has 0 aromatic rings. The quantitative estimate of drug-likeness (QED) is 0.654. The first-order valence-electron chi connectivity index (χ1n) is 6.00. The molecule has 0 aromatic carbocycles. The Kier molecular flexibility index (Phi) is 6.38. The summed E-state index contributed by atoms with van der Waals surface area (Å²) in [7, 11) is 1.74. The van der Waals surface area contributed by atoms with Crippen molar-refractivity contribution in [1.82, 2.24) is 5.32 Å². The van der Waals surface area contributed by atoms with E-state index in [1.807, 2.05) is 0 Å². The lowest BCUT2D eigenvalue weighted by molar-refractivity contribution is 0.192. The second-order valence-electron chi connectivity index (χ2n) is 4.28. The van der Waals surface area contributed by atoms with Gasteiger partial charge in [0.2, 0.25) is 0 Å². The van der Waals surface area contributed by atoms with Crippen molar-refractivity contribution in [3.8, 4) is 6.07 Å². The lowest BCUT2D eigenvalue weighted by Crippen LogP contribution is -2.32. The second-order valence-corrected chi connectivity index (χ2v) is 4.28. The average molecular weight is 210 g/mol. The number of unbranched alkanes of at least 4 members (excludes halogenated alkanes) is 2. The molecule has 1 aliphatic rings. The first-order valence-corrected chi connectivity index (χ1v) is 6.00. The fraction of sp³-hybridized carbons (Fsp3) is 0.917. The maximum Gasteiger partial charge on any atom is 0.0672 e. The molecule has 1 fully saturated rings. The Labute approximate surface area is 92.8 Å². The van der Waals surface area contributed by atoms with Crippen molar-refractivity contribution in [1.29, 1.82) is 5.26 Å². The van der Waals surface area contributed by atoms with Crippen LogP contribution >= 0.6 is 0 Å². The summed E-state index contributed by atoms with van der Waals surface area (Å²) in [6, 6.07) is 2.85. The average Bonchev–Trinajstić information content (AvgIpc) is 2.70. The molecule has 15 heavy (non-hydrogen) atoms. The van der Waals surface area contributed by atoms with Gasteiger partial charge < -0.3 is 10.1 Å². The van der Waals surface area contributed by atoms with E-state index in [1.165, 1.54) is 25.7 Å². The van der Waals surface area contributed by atoms with E-state index in [1.54, 1.807) is 7.11 Å². The zero-order valence-electron chi connectivity index (χ0n) is 9.67. The number of nitrogens with zero attached hydrogens (tertiary/aromatic N) is 1. The predicted octanol–water partition coefficient (Wildman–Crippen LogP) is 2.08. The fourth-order valence-corrected chi connectivity index (χ4v) is 2.19. The third kappa shape index (κ3) is 4.63. The van der Waals surface area contributed by atoms with Crippen LogP contribution in [0.4, 0.5) is 0 Å². The summed E-state index contributed by atoms with van der Waals surface area (Å²) in [5, 5.41) is 12.4. The number of hydrogen-bond donors (Lipinski definition) is 1. The number of rotatable bonds is 7. The molecule has 0 spiro atoms. The molecule has 0 aliphatic heterocycles. The van der Waals surface area contributed by atoms with Gasteiger partial charge in [-0.05, 0) is 38.6 Å². The number of nitriles is 1. The van der Waals surface area contributed by atoms with Crippen molar-refractivity contribution in [3.05, 3.63) is 0 Å². The van der Waals surface area contributed by atoms with Crippen LogP contribution in [-0.2, 0) is 4.74 Å². The first-order chi connectivity index (χ1) is 7.38. The molecular formula is C12H22N2O. The van der Waals surface area contributed by atoms with Crippen molar-refractivity contribution >= 4 is 0 Å².